The maximum absolute atomic E-state index is 5.78. The van der Waals surface area contributed by atoms with Crippen LogP contribution in [0, 0.1) is 6.92 Å². The van der Waals surface area contributed by atoms with Crippen LogP contribution in [-0.2, 0) is 19.5 Å². The average molecular weight is 287 g/mol. The van der Waals surface area contributed by atoms with Gasteiger partial charge in [0, 0.05) is 37.0 Å². The summed E-state index contributed by atoms with van der Waals surface area (Å²) in [5, 5.41) is 3.29. The van der Waals surface area contributed by atoms with Crippen molar-refractivity contribution in [3.05, 3.63) is 53.2 Å². The van der Waals surface area contributed by atoms with Gasteiger partial charge in [-0.05, 0) is 38.7 Å². The van der Waals surface area contributed by atoms with E-state index in [1.807, 2.05) is 25.3 Å². The Kier molecular flexibility index (Phi) is 5.96. The normalized spacial score (nSPS) is 11.2. The highest BCUT2D eigenvalue weighted by Crippen LogP contribution is 2.16. The summed E-state index contributed by atoms with van der Waals surface area (Å²) in [5.74, 6) is 2.04. The van der Waals surface area contributed by atoms with Gasteiger partial charge in [0.05, 0.1) is 6.54 Å². The molecule has 0 saturated carbocycles. The lowest BCUT2D eigenvalue weighted by atomic mass is 10.2. The smallest absolute Gasteiger partial charge is 0.118 e. The van der Waals surface area contributed by atoms with E-state index in [-0.39, 0.29) is 0 Å². The Balaban J connectivity index is 1.84. The minimum Gasteiger partial charge on any atom is -0.465 e. The van der Waals surface area contributed by atoms with Crippen LogP contribution in [-0.4, -0.2) is 30.0 Å². The molecule has 0 aliphatic heterocycles. The van der Waals surface area contributed by atoms with Crippen molar-refractivity contribution in [3.63, 3.8) is 0 Å². The molecule has 0 saturated heterocycles. The van der Waals surface area contributed by atoms with Crippen molar-refractivity contribution in [2.24, 2.45) is 0 Å². The topological polar surface area (TPSA) is 41.3 Å². The predicted molar refractivity (Wildman–Crippen MR) is 85.1 cm³/mol. The van der Waals surface area contributed by atoms with Crippen molar-refractivity contribution in [1.82, 2.24) is 15.2 Å². The first-order valence-electron chi connectivity index (χ1n) is 7.56. The molecule has 4 heteroatoms. The lowest BCUT2D eigenvalue weighted by molar-refractivity contribution is 0.327. The van der Waals surface area contributed by atoms with Crippen LogP contribution in [0.5, 0.6) is 0 Å². The third kappa shape index (κ3) is 4.99. The monoisotopic (exact) mass is 287 g/mol. The second kappa shape index (κ2) is 7.96. The van der Waals surface area contributed by atoms with Gasteiger partial charge in [0.15, 0.2) is 0 Å². The number of pyridine rings is 1. The quantitative estimate of drug-likeness (QED) is 0.810. The van der Waals surface area contributed by atoms with Crippen molar-refractivity contribution >= 4 is 0 Å². The zero-order valence-corrected chi connectivity index (χ0v) is 13.2. The highest BCUT2D eigenvalue weighted by Gasteiger charge is 2.09. The molecule has 0 radical (unpaired) electrons. The van der Waals surface area contributed by atoms with Crippen LogP contribution >= 0.6 is 0 Å². The molecule has 0 aliphatic carbocycles. The van der Waals surface area contributed by atoms with E-state index in [2.05, 4.69) is 41.3 Å². The van der Waals surface area contributed by atoms with Crippen LogP contribution in [0.4, 0.5) is 0 Å². The summed E-state index contributed by atoms with van der Waals surface area (Å²) >= 11 is 0. The molecule has 0 atom stereocenters. The lowest BCUT2D eigenvalue weighted by Gasteiger charge is -2.15. The van der Waals surface area contributed by atoms with Gasteiger partial charge in [0.25, 0.3) is 0 Å². The number of hydrogen-bond donors (Lipinski definition) is 1. The molecule has 4 nitrogen and oxygen atoms in total. The van der Waals surface area contributed by atoms with E-state index in [9.17, 15) is 0 Å². The van der Waals surface area contributed by atoms with Gasteiger partial charge >= 0.3 is 0 Å². The Hall–Kier alpha value is -1.65. The SMILES string of the molecule is CCNCc1cc(CN(C)CCc2ccccn2)c(C)o1. The van der Waals surface area contributed by atoms with Gasteiger partial charge in [0.1, 0.15) is 11.5 Å². The van der Waals surface area contributed by atoms with Gasteiger partial charge in [-0.2, -0.15) is 0 Å². The summed E-state index contributed by atoms with van der Waals surface area (Å²) in [5.41, 5.74) is 2.41. The van der Waals surface area contributed by atoms with E-state index in [1.54, 1.807) is 0 Å². The van der Waals surface area contributed by atoms with Crippen molar-refractivity contribution in [2.75, 3.05) is 20.1 Å². The maximum atomic E-state index is 5.78. The van der Waals surface area contributed by atoms with Crippen LogP contribution in [0.3, 0.4) is 0 Å². The van der Waals surface area contributed by atoms with Crippen molar-refractivity contribution in [3.8, 4) is 0 Å². The van der Waals surface area contributed by atoms with Gasteiger partial charge in [-0.25, -0.2) is 0 Å². The fourth-order valence-corrected chi connectivity index (χ4v) is 2.30. The highest BCUT2D eigenvalue weighted by atomic mass is 16.3. The molecule has 0 unspecified atom stereocenters. The summed E-state index contributed by atoms with van der Waals surface area (Å²) in [6, 6.07) is 8.23. The van der Waals surface area contributed by atoms with E-state index in [0.717, 1.165) is 49.8 Å². The fraction of sp³-hybridized carbons (Fsp3) is 0.471. The third-order valence-electron chi connectivity index (χ3n) is 3.54. The summed E-state index contributed by atoms with van der Waals surface area (Å²) in [6.45, 7) is 7.80. The average Bonchev–Trinajstić information content (AvgIpc) is 2.84. The Morgan fingerprint density at radius 1 is 1.33 bits per heavy atom. The van der Waals surface area contributed by atoms with Crippen LogP contribution in [0.15, 0.2) is 34.9 Å². The summed E-state index contributed by atoms with van der Waals surface area (Å²) in [6.07, 6.45) is 2.82. The number of rotatable bonds is 8. The molecule has 2 aromatic heterocycles. The Bertz CT molecular complexity index is 536. The van der Waals surface area contributed by atoms with Gasteiger partial charge < -0.3 is 14.6 Å². The Labute approximate surface area is 127 Å². The van der Waals surface area contributed by atoms with E-state index in [1.165, 1.54) is 5.56 Å². The Morgan fingerprint density at radius 2 is 2.19 bits per heavy atom. The molecule has 0 aliphatic rings. The number of nitrogens with one attached hydrogen (secondary N) is 1. The lowest BCUT2D eigenvalue weighted by Crippen LogP contribution is -2.21. The van der Waals surface area contributed by atoms with Crippen molar-refractivity contribution < 1.29 is 4.42 Å². The molecule has 114 valence electrons. The van der Waals surface area contributed by atoms with Crippen molar-refractivity contribution in [1.29, 1.82) is 0 Å². The number of aryl methyl sites for hydroxylation is 1. The molecular formula is C17H25N3O. The number of hydrogen-bond acceptors (Lipinski definition) is 4. The van der Waals surface area contributed by atoms with Crippen molar-refractivity contribution in [2.45, 2.75) is 33.4 Å². The molecule has 0 bridgehead atoms. The predicted octanol–water partition coefficient (Wildman–Crippen LogP) is 2.77. The van der Waals surface area contributed by atoms with E-state index < -0.39 is 0 Å². The summed E-state index contributed by atoms with van der Waals surface area (Å²) in [7, 11) is 2.14. The molecule has 0 spiro atoms. The number of likely N-dealkylation sites (N-methyl/N-ethyl adjacent to an activating group) is 1. The van der Waals surface area contributed by atoms with Gasteiger partial charge in [-0.3, -0.25) is 4.98 Å². The molecule has 2 rings (SSSR count). The fourth-order valence-electron chi connectivity index (χ4n) is 2.30. The van der Waals surface area contributed by atoms with Crippen LogP contribution in [0.2, 0.25) is 0 Å². The second-order valence-corrected chi connectivity index (χ2v) is 5.38. The highest BCUT2D eigenvalue weighted by molar-refractivity contribution is 5.20. The standard InChI is InChI=1S/C17H25N3O/c1-4-18-12-17-11-15(14(2)21-17)13-20(3)10-8-16-7-5-6-9-19-16/h5-7,9,11,18H,4,8,10,12-13H2,1-3H3. The summed E-state index contributed by atoms with van der Waals surface area (Å²) in [4.78, 5) is 6.67. The molecule has 1 N–H and O–H groups in total. The minimum absolute atomic E-state index is 0.801. The molecule has 2 heterocycles. The van der Waals surface area contributed by atoms with E-state index in [0.29, 0.717) is 0 Å². The minimum atomic E-state index is 0.801. The first-order valence-corrected chi connectivity index (χ1v) is 7.56. The molecule has 0 amide bonds. The number of furan rings is 1. The molecule has 21 heavy (non-hydrogen) atoms. The molecule has 2 aromatic rings. The second-order valence-electron chi connectivity index (χ2n) is 5.38. The number of aromatic nitrogens is 1. The van der Waals surface area contributed by atoms with Gasteiger partial charge in [-0.1, -0.05) is 13.0 Å². The summed E-state index contributed by atoms with van der Waals surface area (Å²) < 4.78 is 5.78. The van der Waals surface area contributed by atoms with Gasteiger partial charge in [0.2, 0.25) is 0 Å². The van der Waals surface area contributed by atoms with Crippen LogP contribution < -0.4 is 5.32 Å². The largest absolute Gasteiger partial charge is 0.465 e. The van der Waals surface area contributed by atoms with Gasteiger partial charge in [-0.15, -0.1) is 0 Å². The van der Waals surface area contributed by atoms with E-state index >= 15 is 0 Å². The van der Waals surface area contributed by atoms with Crippen LogP contribution in [0.25, 0.3) is 0 Å². The first kappa shape index (κ1) is 15.7. The van der Waals surface area contributed by atoms with Crippen LogP contribution in [0.1, 0.15) is 29.7 Å². The van der Waals surface area contributed by atoms with E-state index in [4.69, 9.17) is 4.42 Å². The third-order valence-corrected chi connectivity index (χ3v) is 3.54. The maximum Gasteiger partial charge on any atom is 0.118 e. The number of nitrogens with zero attached hydrogens (tertiary/aromatic N) is 2. The first-order chi connectivity index (χ1) is 10.2. The Morgan fingerprint density at radius 3 is 2.90 bits per heavy atom. The molecule has 0 aromatic carbocycles. The molecule has 0 fully saturated rings. The molecular weight excluding hydrogens is 262 g/mol. The zero-order valence-electron chi connectivity index (χ0n) is 13.2. The zero-order chi connectivity index (χ0) is 15.1.